The minimum Gasteiger partial charge on any atom is -0.353 e. The van der Waals surface area contributed by atoms with E-state index in [0.29, 0.717) is 5.88 Å². The Bertz CT molecular complexity index is 138. The van der Waals surface area contributed by atoms with Gasteiger partial charge >= 0.3 is 0 Å². The molecule has 1 fully saturated rings. The third-order valence-electron chi connectivity index (χ3n) is 2.16. The van der Waals surface area contributed by atoms with Gasteiger partial charge in [-0.1, -0.05) is 13.3 Å². The Kier molecular flexibility index (Phi) is 3.81. The van der Waals surface area contributed by atoms with E-state index in [0.717, 1.165) is 25.9 Å². The van der Waals surface area contributed by atoms with E-state index in [1.54, 1.807) is 0 Å². The third-order valence-corrected chi connectivity index (χ3v) is 2.72. The largest absolute Gasteiger partial charge is 0.353 e. The predicted molar refractivity (Wildman–Crippen MR) is 49.5 cm³/mol. The molecule has 0 aromatic heterocycles. The van der Waals surface area contributed by atoms with E-state index in [-0.39, 0.29) is 11.9 Å². The maximum atomic E-state index is 5.81. The molecule has 0 N–H and O–H groups in total. The van der Waals surface area contributed by atoms with Crippen molar-refractivity contribution >= 4 is 11.6 Å². The molecule has 0 aliphatic carbocycles. The lowest BCUT2D eigenvalue weighted by Gasteiger charge is -2.37. The van der Waals surface area contributed by atoms with Crippen LogP contribution in [0, 0.1) is 0 Å². The zero-order valence-electron chi connectivity index (χ0n) is 7.81. The first-order valence-corrected chi connectivity index (χ1v) is 5.09. The van der Waals surface area contributed by atoms with Gasteiger partial charge in [-0.3, -0.25) is 0 Å². The van der Waals surface area contributed by atoms with Crippen LogP contribution in [0.15, 0.2) is 0 Å². The van der Waals surface area contributed by atoms with Gasteiger partial charge in [-0.25, -0.2) is 0 Å². The average molecular weight is 193 g/mol. The molecule has 1 aliphatic rings. The van der Waals surface area contributed by atoms with Gasteiger partial charge in [0.1, 0.15) is 0 Å². The van der Waals surface area contributed by atoms with Gasteiger partial charge in [-0.2, -0.15) is 0 Å². The van der Waals surface area contributed by atoms with Gasteiger partial charge < -0.3 is 9.47 Å². The highest BCUT2D eigenvalue weighted by molar-refractivity contribution is 6.18. The molecule has 0 spiro atoms. The summed E-state index contributed by atoms with van der Waals surface area (Å²) >= 11 is 5.81. The molecular weight excluding hydrogens is 176 g/mol. The van der Waals surface area contributed by atoms with Crippen molar-refractivity contribution in [1.29, 1.82) is 0 Å². The number of hydrogen-bond acceptors (Lipinski definition) is 2. The first kappa shape index (κ1) is 10.3. The summed E-state index contributed by atoms with van der Waals surface area (Å²) in [6.45, 7) is 4.94. The van der Waals surface area contributed by atoms with Gasteiger partial charge in [0.2, 0.25) is 0 Å². The SMILES string of the molecule is CCCC1OCCC(C)(CCl)O1. The Labute approximate surface area is 79.2 Å². The summed E-state index contributed by atoms with van der Waals surface area (Å²) in [6, 6.07) is 0. The summed E-state index contributed by atoms with van der Waals surface area (Å²) in [7, 11) is 0. The van der Waals surface area contributed by atoms with Crippen molar-refractivity contribution in [2.75, 3.05) is 12.5 Å². The van der Waals surface area contributed by atoms with Crippen molar-refractivity contribution < 1.29 is 9.47 Å². The van der Waals surface area contributed by atoms with Crippen LogP contribution in [0.1, 0.15) is 33.1 Å². The summed E-state index contributed by atoms with van der Waals surface area (Å²) in [5.74, 6) is 0.552. The molecule has 0 amide bonds. The van der Waals surface area contributed by atoms with Crippen LogP contribution >= 0.6 is 11.6 Å². The summed E-state index contributed by atoms with van der Waals surface area (Å²) in [6.07, 6.45) is 2.92. The molecule has 0 aromatic carbocycles. The number of rotatable bonds is 3. The van der Waals surface area contributed by atoms with Gasteiger partial charge in [0, 0.05) is 6.42 Å². The van der Waals surface area contributed by atoms with Crippen LogP contribution in [0.2, 0.25) is 0 Å². The molecule has 3 heteroatoms. The quantitative estimate of drug-likeness (QED) is 0.640. The standard InChI is InChI=1S/C9H17ClO2/c1-3-4-8-11-6-5-9(2,7-10)12-8/h8H,3-7H2,1-2H3. The Morgan fingerprint density at radius 2 is 2.33 bits per heavy atom. The first-order chi connectivity index (χ1) is 5.70. The van der Waals surface area contributed by atoms with Crippen LogP contribution in [0.3, 0.4) is 0 Å². The topological polar surface area (TPSA) is 18.5 Å². The van der Waals surface area contributed by atoms with Gasteiger partial charge in [-0.05, 0) is 13.3 Å². The lowest BCUT2D eigenvalue weighted by Crippen LogP contribution is -2.42. The lowest BCUT2D eigenvalue weighted by atomic mass is 10.0. The normalized spacial score (nSPS) is 36.8. The first-order valence-electron chi connectivity index (χ1n) is 4.55. The third kappa shape index (κ3) is 2.61. The van der Waals surface area contributed by atoms with Crippen LogP contribution in [0.4, 0.5) is 0 Å². The van der Waals surface area contributed by atoms with Crippen LogP contribution in [0.25, 0.3) is 0 Å². The Morgan fingerprint density at radius 1 is 1.58 bits per heavy atom. The molecular formula is C9H17ClO2. The van der Waals surface area contributed by atoms with Crippen molar-refractivity contribution in [1.82, 2.24) is 0 Å². The van der Waals surface area contributed by atoms with Crippen LogP contribution in [-0.2, 0) is 9.47 Å². The smallest absolute Gasteiger partial charge is 0.158 e. The highest BCUT2D eigenvalue weighted by atomic mass is 35.5. The van der Waals surface area contributed by atoms with Crippen LogP contribution < -0.4 is 0 Å². The minimum atomic E-state index is -0.167. The van der Waals surface area contributed by atoms with E-state index in [1.165, 1.54) is 0 Å². The summed E-state index contributed by atoms with van der Waals surface area (Å²) in [5.41, 5.74) is -0.167. The fraction of sp³-hybridized carbons (Fsp3) is 1.00. The molecule has 0 radical (unpaired) electrons. The molecule has 2 nitrogen and oxygen atoms in total. The minimum absolute atomic E-state index is 0.0347. The fourth-order valence-electron chi connectivity index (χ4n) is 1.29. The molecule has 1 heterocycles. The van der Waals surface area contributed by atoms with E-state index in [9.17, 15) is 0 Å². The van der Waals surface area contributed by atoms with Crippen molar-refractivity contribution in [3.63, 3.8) is 0 Å². The van der Waals surface area contributed by atoms with Crippen molar-refractivity contribution in [3.05, 3.63) is 0 Å². The Balaban J connectivity index is 2.39. The number of alkyl halides is 1. The van der Waals surface area contributed by atoms with E-state index in [1.807, 2.05) is 6.92 Å². The zero-order valence-corrected chi connectivity index (χ0v) is 8.56. The molecule has 2 atom stereocenters. The second kappa shape index (κ2) is 4.45. The van der Waals surface area contributed by atoms with Gasteiger partial charge in [0.05, 0.1) is 18.1 Å². The molecule has 1 rings (SSSR count). The summed E-state index contributed by atoms with van der Waals surface area (Å²) in [5, 5.41) is 0. The van der Waals surface area contributed by atoms with Crippen molar-refractivity contribution in [2.24, 2.45) is 0 Å². The molecule has 1 aliphatic heterocycles. The van der Waals surface area contributed by atoms with Gasteiger partial charge in [0.25, 0.3) is 0 Å². The molecule has 2 unspecified atom stereocenters. The molecule has 72 valence electrons. The van der Waals surface area contributed by atoms with Crippen molar-refractivity contribution in [3.8, 4) is 0 Å². The second-order valence-corrected chi connectivity index (χ2v) is 3.81. The monoisotopic (exact) mass is 192 g/mol. The van der Waals surface area contributed by atoms with Gasteiger partial charge in [0.15, 0.2) is 6.29 Å². The number of halogens is 1. The van der Waals surface area contributed by atoms with Crippen LogP contribution in [-0.4, -0.2) is 24.4 Å². The molecule has 12 heavy (non-hydrogen) atoms. The molecule has 0 aromatic rings. The summed E-state index contributed by atoms with van der Waals surface area (Å²) in [4.78, 5) is 0. The maximum absolute atomic E-state index is 5.81. The second-order valence-electron chi connectivity index (χ2n) is 3.54. The number of hydrogen-bond donors (Lipinski definition) is 0. The zero-order chi connectivity index (χ0) is 9.03. The highest BCUT2D eigenvalue weighted by Crippen LogP contribution is 2.26. The van der Waals surface area contributed by atoms with E-state index >= 15 is 0 Å². The lowest BCUT2D eigenvalue weighted by molar-refractivity contribution is -0.245. The Morgan fingerprint density at radius 3 is 2.92 bits per heavy atom. The fourth-order valence-corrected chi connectivity index (χ4v) is 1.49. The summed E-state index contributed by atoms with van der Waals surface area (Å²) < 4.78 is 11.1. The number of ether oxygens (including phenoxy) is 2. The van der Waals surface area contributed by atoms with E-state index in [4.69, 9.17) is 21.1 Å². The molecule has 0 bridgehead atoms. The van der Waals surface area contributed by atoms with E-state index < -0.39 is 0 Å². The maximum Gasteiger partial charge on any atom is 0.158 e. The average Bonchev–Trinajstić information content (AvgIpc) is 2.05. The van der Waals surface area contributed by atoms with Gasteiger partial charge in [-0.15, -0.1) is 11.6 Å². The van der Waals surface area contributed by atoms with E-state index in [2.05, 4.69) is 6.92 Å². The molecule has 0 saturated carbocycles. The van der Waals surface area contributed by atoms with Crippen LogP contribution in [0.5, 0.6) is 0 Å². The molecule has 1 saturated heterocycles. The highest BCUT2D eigenvalue weighted by Gasteiger charge is 2.32. The van der Waals surface area contributed by atoms with Crippen molar-refractivity contribution in [2.45, 2.75) is 45.0 Å². The predicted octanol–water partition coefficient (Wildman–Crippen LogP) is 2.55. The Hall–Kier alpha value is 0.210.